The van der Waals surface area contributed by atoms with Crippen LogP contribution >= 0.6 is 0 Å². The van der Waals surface area contributed by atoms with Gasteiger partial charge in [0.15, 0.2) is 6.29 Å². The number of hydrogen-bond acceptors (Lipinski definition) is 4. The van der Waals surface area contributed by atoms with Gasteiger partial charge in [0.2, 0.25) is 0 Å². The average Bonchev–Trinajstić information content (AvgIpc) is 2.43. The van der Waals surface area contributed by atoms with E-state index in [0.29, 0.717) is 28.7 Å². The van der Waals surface area contributed by atoms with Crippen LogP contribution in [-0.4, -0.2) is 19.5 Å². The van der Waals surface area contributed by atoms with Crippen LogP contribution in [0.25, 0.3) is 0 Å². The number of nitro benzene ring substituents is 1. The standard InChI is InChI=1S/C16H25NO4Si/c1-11(2)22(12(3)4,13(5)6)21-15-8-7-14(10-18)16(9-15)17(19)20/h7-13H,1-6H3. The second-order valence-corrected chi connectivity index (χ2v) is 11.9. The van der Waals surface area contributed by atoms with Crippen molar-refractivity contribution in [2.24, 2.45) is 0 Å². The summed E-state index contributed by atoms with van der Waals surface area (Å²) >= 11 is 0. The first-order chi connectivity index (χ1) is 10.2. The van der Waals surface area contributed by atoms with Crippen LogP contribution in [0.5, 0.6) is 5.75 Å². The third kappa shape index (κ3) is 3.38. The minimum absolute atomic E-state index is 0.0725. The van der Waals surface area contributed by atoms with E-state index in [2.05, 4.69) is 41.5 Å². The molecule has 0 radical (unpaired) electrons. The van der Waals surface area contributed by atoms with Crippen LogP contribution in [0.3, 0.4) is 0 Å². The molecule has 0 aliphatic rings. The third-order valence-electron chi connectivity index (χ3n) is 4.33. The number of benzene rings is 1. The SMILES string of the molecule is CC(C)[Si](Oc1ccc(C=O)c([N+](=O)[O-])c1)(C(C)C)C(C)C. The third-order valence-corrected chi connectivity index (χ3v) is 10.3. The Bertz CT molecular complexity index is 533. The van der Waals surface area contributed by atoms with Gasteiger partial charge >= 0.3 is 0 Å². The summed E-state index contributed by atoms with van der Waals surface area (Å²) < 4.78 is 6.40. The monoisotopic (exact) mass is 323 g/mol. The molecule has 0 heterocycles. The van der Waals surface area contributed by atoms with Crippen LogP contribution in [0.1, 0.15) is 51.9 Å². The maximum absolute atomic E-state index is 11.1. The van der Waals surface area contributed by atoms with E-state index in [-0.39, 0.29) is 11.3 Å². The van der Waals surface area contributed by atoms with Crippen molar-refractivity contribution in [2.45, 2.75) is 58.2 Å². The van der Waals surface area contributed by atoms with Gasteiger partial charge in [-0.05, 0) is 28.8 Å². The van der Waals surface area contributed by atoms with Gasteiger partial charge in [0, 0.05) is 0 Å². The zero-order valence-electron chi connectivity index (χ0n) is 14.1. The molecule has 1 rings (SSSR count). The molecule has 122 valence electrons. The number of nitro groups is 1. The van der Waals surface area contributed by atoms with Crippen molar-refractivity contribution in [3.8, 4) is 5.75 Å². The van der Waals surface area contributed by atoms with Crippen molar-refractivity contribution in [1.29, 1.82) is 0 Å². The largest absolute Gasteiger partial charge is 0.543 e. The van der Waals surface area contributed by atoms with Gasteiger partial charge in [-0.15, -0.1) is 0 Å². The van der Waals surface area contributed by atoms with Crippen molar-refractivity contribution in [3.63, 3.8) is 0 Å². The fraction of sp³-hybridized carbons (Fsp3) is 0.562. The second-order valence-electron chi connectivity index (χ2n) is 6.52. The Morgan fingerprint density at radius 1 is 1.09 bits per heavy atom. The minimum atomic E-state index is -2.16. The lowest BCUT2D eigenvalue weighted by Crippen LogP contribution is -2.50. The van der Waals surface area contributed by atoms with Crippen LogP contribution < -0.4 is 4.43 Å². The maximum Gasteiger partial charge on any atom is 0.283 e. The molecule has 0 saturated heterocycles. The van der Waals surface area contributed by atoms with E-state index in [0.717, 1.165) is 0 Å². The van der Waals surface area contributed by atoms with Gasteiger partial charge in [0.25, 0.3) is 14.0 Å². The van der Waals surface area contributed by atoms with Crippen LogP contribution in [0.4, 0.5) is 5.69 Å². The number of aldehydes is 1. The van der Waals surface area contributed by atoms with E-state index >= 15 is 0 Å². The normalized spacial score (nSPS) is 12.0. The molecule has 0 N–H and O–H groups in total. The molecule has 0 saturated carbocycles. The van der Waals surface area contributed by atoms with E-state index in [1.165, 1.54) is 12.1 Å². The van der Waals surface area contributed by atoms with Crippen LogP contribution in [-0.2, 0) is 0 Å². The smallest absolute Gasteiger partial charge is 0.283 e. The summed E-state index contributed by atoms with van der Waals surface area (Å²) in [6.45, 7) is 12.9. The Balaban J connectivity index is 3.33. The molecule has 0 unspecified atom stereocenters. The molecule has 0 atom stereocenters. The fourth-order valence-electron chi connectivity index (χ4n) is 3.40. The van der Waals surface area contributed by atoms with E-state index in [1.54, 1.807) is 6.07 Å². The van der Waals surface area contributed by atoms with Crippen molar-refractivity contribution >= 4 is 20.3 Å². The van der Waals surface area contributed by atoms with Gasteiger partial charge in [-0.3, -0.25) is 14.9 Å². The average molecular weight is 323 g/mol. The zero-order valence-corrected chi connectivity index (χ0v) is 15.1. The van der Waals surface area contributed by atoms with E-state index < -0.39 is 13.2 Å². The molecule has 1 aromatic carbocycles. The highest BCUT2D eigenvalue weighted by Gasteiger charge is 2.47. The molecule has 0 bridgehead atoms. The summed E-state index contributed by atoms with van der Waals surface area (Å²) in [5.41, 5.74) is 0.988. The van der Waals surface area contributed by atoms with Gasteiger partial charge in [0.05, 0.1) is 16.6 Å². The highest BCUT2D eigenvalue weighted by atomic mass is 28.4. The summed E-state index contributed by atoms with van der Waals surface area (Å²) in [6, 6.07) is 4.49. The van der Waals surface area contributed by atoms with Crippen molar-refractivity contribution in [1.82, 2.24) is 0 Å². The molecule has 5 nitrogen and oxygen atoms in total. The number of nitrogens with zero attached hydrogens (tertiary/aromatic N) is 1. The number of carbonyl (C=O) groups is 1. The van der Waals surface area contributed by atoms with E-state index in [9.17, 15) is 14.9 Å². The molecule has 0 amide bonds. The Morgan fingerprint density at radius 2 is 1.59 bits per heavy atom. The molecule has 0 aromatic heterocycles. The highest BCUT2D eigenvalue weighted by molar-refractivity contribution is 6.78. The zero-order chi connectivity index (χ0) is 17.1. The predicted molar refractivity (Wildman–Crippen MR) is 90.2 cm³/mol. The van der Waals surface area contributed by atoms with Gasteiger partial charge in [0.1, 0.15) is 5.75 Å². The lowest BCUT2D eigenvalue weighted by Gasteiger charge is -2.42. The summed E-state index contributed by atoms with van der Waals surface area (Å²) in [6.07, 6.45) is 0.500. The molecular formula is C16H25NO4Si. The van der Waals surface area contributed by atoms with Gasteiger partial charge in [-0.1, -0.05) is 41.5 Å². The van der Waals surface area contributed by atoms with Crippen molar-refractivity contribution in [2.75, 3.05) is 0 Å². The summed E-state index contributed by atoms with van der Waals surface area (Å²) in [5.74, 6) is 0.486. The lowest BCUT2D eigenvalue weighted by molar-refractivity contribution is -0.385. The summed E-state index contributed by atoms with van der Waals surface area (Å²) in [5, 5.41) is 11.1. The summed E-state index contributed by atoms with van der Waals surface area (Å²) in [7, 11) is -2.16. The molecule has 22 heavy (non-hydrogen) atoms. The molecule has 0 spiro atoms. The van der Waals surface area contributed by atoms with Crippen LogP contribution in [0.15, 0.2) is 18.2 Å². The molecular weight excluding hydrogens is 298 g/mol. The molecule has 6 heteroatoms. The number of carbonyl (C=O) groups excluding carboxylic acids is 1. The highest BCUT2D eigenvalue weighted by Crippen LogP contribution is 2.43. The fourth-order valence-corrected chi connectivity index (χ4v) is 8.64. The molecule has 1 aromatic rings. The van der Waals surface area contributed by atoms with Gasteiger partial charge < -0.3 is 4.43 Å². The Morgan fingerprint density at radius 3 is 1.95 bits per heavy atom. The summed E-state index contributed by atoms with van der Waals surface area (Å²) in [4.78, 5) is 21.5. The number of rotatable bonds is 7. The van der Waals surface area contributed by atoms with Crippen molar-refractivity contribution < 1.29 is 14.1 Å². The first kappa shape index (κ1) is 18.4. The van der Waals surface area contributed by atoms with E-state index in [1.807, 2.05) is 0 Å². The Hall–Kier alpha value is -1.69. The quantitative estimate of drug-likeness (QED) is 0.308. The number of hydrogen-bond donors (Lipinski definition) is 0. The minimum Gasteiger partial charge on any atom is -0.543 e. The first-order valence-corrected chi connectivity index (χ1v) is 9.73. The topological polar surface area (TPSA) is 69.4 Å². The van der Waals surface area contributed by atoms with Gasteiger partial charge in [-0.2, -0.15) is 0 Å². The predicted octanol–water partition coefficient (Wildman–Crippen LogP) is 4.96. The molecule has 0 aliphatic carbocycles. The molecule has 0 aliphatic heterocycles. The van der Waals surface area contributed by atoms with E-state index in [4.69, 9.17) is 4.43 Å². The van der Waals surface area contributed by atoms with Crippen LogP contribution in [0.2, 0.25) is 16.6 Å². The van der Waals surface area contributed by atoms with Crippen LogP contribution in [0, 0.1) is 10.1 Å². The van der Waals surface area contributed by atoms with Gasteiger partial charge in [-0.25, -0.2) is 0 Å². The van der Waals surface area contributed by atoms with Crippen molar-refractivity contribution in [3.05, 3.63) is 33.9 Å². The Labute approximate surface area is 133 Å². The Kier molecular flexibility index (Phi) is 5.88. The maximum atomic E-state index is 11.1. The molecule has 0 fully saturated rings. The lowest BCUT2D eigenvalue weighted by atomic mass is 10.2. The second kappa shape index (κ2) is 7.04. The first-order valence-electron chi connectivity index (χ1n) is 7.59.